The lowest BCUT2D eigenvalue weighted by molar-refractivity contribution is -0.164. The van der Waals surface area contributed by atoms with Crippen LogP contribution in [0.4, 0.5) is 0 Å². The number of esters is 1. The van der Waals surface area contributed by atoms with Crippen molar-refractivity contribution < 1.29 is 19.4 Å². The standard InChI is InChI=1S/C19H32O4/c1-13(2)9-5-8-12-17(14(3)4)23-19(22)16-11-7-6-10-15(16)18(20)21/h6-7,13-17H,5,8-12H2,1-4H3,(H,20,21). The highest BCUT2D eigenvalue weighted by molar-refractivity contribution is 5.81. The zero-order valence-electron chi connectivity index (χ0n) is 15.0. The second-order valence-corrected chi connectivity index (χ2v) is 7.39. The fourth-order valence-electron chi connectivity index (χ4n) is 3.01. The molecule has 0 spiro atoms. The number of carbonyl (C=O) groups is 2. The van der Waals surface area contributed by atoms with Gasteiger partial charge in [-0.3, -0.25) is 9.59 Å². The third-order valence-corrected chi connectivity index (χ3v) is 4.58. The highest BCUT2D eigenvalue weighted by Crippen LogP contribution is 2.28. The lowest BCUT2D eigenvalue weighted by Crippen LogP contribution is -2.35. The molecule has 0 radical (unpaired) electrons. The second kappa shape index (κ2) is 9.74. The summed E-state index contributed by atoms with van der Waals surface area (Å²) in [5.74, 6) is -1.50. The van der Waals surface area contributed by atoms with Crippen molar-refractivity contribution in [3.8, 4) is 0 Å². The van der Waals surface area contributed by atoms with Crippen LogP contribution in [0.15, 0.2) is 12.2 Å². The maximum Gasteiger partial charge on any atom is 0.310 e. The van der Waals surface area contributed by atoms with Gasteiger partial charge in [-0.25, -0.2) is 0 Å². The Morgan fingerprint density at radius 1 is 1.04 bits per heavy atom. The number of carboxylic acid groups (broad SMARTS) is 1. The summed E-state index contributed by atoms with van der Waals surface area (Å²) < 4.78 is 5.70. The Morgan fingerprint density at radius 3 is 2.13 bits per heavy atom. The zero-order chi connectivity index (χ0) is 17.4. The van der Waals surface area contributed by atoms with Crippen LogP contribution in [0.25, 0.3) is 0 Å². The van der Waals surface area contributed by atoms with Gasteiger partial charge >= 0.3 is 11.9 Å². The largest absolute Gasteiger partial charge is 0.481 e. The third kappa shape index (κ3) is 6.76. The lowest BCUT2D eigenvalue weighted by atomic mass is 9.83. The number of hydrogen-bond donors (Lipinski definition) is 1. The zero-order valence-corrected chi connectivity index (χ0v) is 15.0. The van der Waals surface area contributed by atoms with E-state index >= 15 is 0 Å². The number of carboxylic acids is 1. The molecular formula is C19H32O4. The Balaban J connectivity index is 2.55. The molecule has 0 aliphatic heterocycles. The Bertz CT molecular complexity index is 412. The quantitative estimate of drug-likeness (QED) is 0.387. The topological polar surface area (TPSA) is 63.6 Å². The van der Waals surface area contributed by atoms with E-state index in [2.05, 4.69) is 27.7 Å². The highest BCUT2D eigenvalue weighted by atomic mass is 16.5. The van der Waals surface area contributed by atoms with E-state index in [0.29, 0.717) is 18.8 Å². The molecule has 23 heavy (non-hydrogen) atoms. The first kappa shape index (κ1) is 19.7. The van der Waals surface area contributed by atoms with Gasteiger partial charge < -0.3 is 9.84 Å². The predicted octanol–water partition coefficient (Wildman–Crippen LogP) is 4.44. The minimum absolute atomic E-state index is 0.116. The maximum atomic E-state index is 12.4. The van der Waals surface area contributed by atoms with Crippen LogP contribution in [0.3, 0.4) is 0 Å². The fraction of sp³-hybridized carbons (Fsp3) is 0.789. The number of allylic oxidation sites excluding steroid dienone is 2. The van der Waals surface area contributed by atoms with Crippen LogP contribution < -0.4 is 0 Å². The molecule has 4 heteroatoms. The van der Waals surface area contributed by atoms with Crippen LogP contribution in [-0.4, -0.2) is 23.1 Å². The molecule has 0 heterocycles. The SMILES string of the molecule is CC(C)CCCCC(OC(=O)C1CC=CCC1C(=O)O)C(C)C. The van der Waals surface area contributed by atoms with E-state index in [4.69, 9.17) is 4.74 Å². The van der Waals surface area contributed by atoms with Crippen LogP contribution in [0, 0.1) is 23.7 Å². The molecule has 0 saturated carbocycles. The molecule has 0 saturated heterocycles. The first-order valence-corrected chi connectivity index (χ1v) is 8.91. The van der Waals surface area contributed by atoms with Crippen molar-refractivity contribution in [3.63, 3.8) is 0 Å². The summed E-state index contributed by atoms with van der Waals surface area (Å²) in [5, 5.41) is 9.28. The Kier molecular flexibility index (Phi) is 8.35. The average molecular weight is 324 g/mol. The Labute approximate surface area is 140 Å². The minimum Gasteiger partial charge on any atom is -0.481 e. The van der Waals surface area contributed by atoms with Crippen LogP contribution >= 0.6 is 0 Å². The number of aliphatic carboxylic acids is 1. The molecule has 0 fully saturated rings. The van der Waals surface area contributed by atoms with Gasteiger partial charge in [0.2, 0.25) is 0 Å². The van der Waals surface area contributed by atoms with Crippen molar-refractivity contribution in [2.45, 2.75) is 72.3 Å². The van der Waals surface area contributed by atoms with Crippen LogP contribution in [0.2, 0.25) is 0 Å². The minimum atomic E-state index is -0.908. The van der Waals surface area contributed by atoms with E-state index in [1.165, 1.54) is 6.42 Å². The second-order valence-electron chi connectivity index (χ2n) is 7.39. The average Bonchev–Trinajstić information content (AvgIpc) is 2.49. The van der Waals surface area contributed by atoms with Crippen LogP contribution in [0.5, 0.6) is 0 Å². The van der Waals surface area contributed by atoms with Gasteiger partial charge in [-0.1, -0.05) is 52.7 Å². The molecule has 0 aromatic carbocycles. The van der Waals surface area contributed by atoms with Gasteiger partial charge in [-0.2, -0.15) is 0 Å². The summed E-state index contributed by atoms with van der Waals surface area (Å²) in [6.07, 6.45) is 8.72. The van der Waals surface area contributed by atoms with E-state index in [9.17, 15) is 14.7 Å². The van der Waals surface area contributed by atoms with Gasteiger partial charge in [0, 0.05) is 0 Å². The maximum absolute atomic E-state index is 12.4. The van der Waals surface area contributed by atoms with Crippen molar-refractivity contribution in [1.82, 2.24) is 0 Å². The third-order valence-electron chi connectivity index (χ3n) is 4.58. The first-order valence-electron chi connectivity index (χ1n) is 8.91. The van der Waals surface area contributed by atoms with Gasteiger partial charge in [-0.05, 0) is 37.5 Å². The van der Waals surface area contributed by atoms with Crippen molar-refractivity contribution >= 4 is 11.9 Å². The summed E-state index contributed by atoms with van der Waals surface area (Å²) in [4.78, 5) is 23.8. The van der Waals surface area contributed by atoms with E-state index in [-0.39, 0.29) is 18.0 Å². The molecule has 3 atom stereocenters. The van der Waals surface area contributed by atoms with E-state index in [1.54, 1.807) is 0 Å². The number of hydrogen-bond acceptors (Lipinski definition) is 3. The molecule has 1 aliphatic rings. The molecule has 4 nitrogen and oxygen atoms in total. The van der Waals surface area contributed by atoms with Gasteiger partial charge in [0.15, 0.2) is 0 Å². The summed E-state index contributed by atoms with van der Waals surface area (Å²) in [5.41, 5.74) is 0. The van der Waals surface area contributed by atoms with E-state index in [0.717, 1.165) is 19.3 Å². The molecule has 0 amide bonds. The predicted molar refractivity (Wildman–Crippen MR) is 91.0 cm³/mol. The van der Waals surface area contributed by atoms with Crippen molar-refractivity contribution in [2.75, 3.05) is 0 Å². The summed E-state index contributed by atoms with van der Waals surface area (Å²) >= 11 is 0. The molecule has 132 valence electrons. The molecule has 0 aromatic heterocycles. The van der Waals surface area contributed by atoms with Gasteiger partial charge in [0.25, 0.3) is 0 Å². The van der Waals surface area contributed by atoms with E-state index in [1.807, 2.05) is 12.2 Å². The number of ether oxygens (including phenoxy) is 1. The molecule has 0 aromatic rings. The summed E-state index contributed by atoms with van der Waals surface area (Å²) in [7, 11) is 0. The molecule has 1 aliphatic carbocycles. The lowest BCUT2D eigenvalue weighted by Gasteiger charge is -2.28. The van der Waals surface area contributed by atoms with Crippen molar-refractivity contribution in [3.05, 3.63) is 12.2 Å². The Morgan fingerprint density at radius 2 is 1.61 bits per heavy atom. The molecule has 1 N–H and O–H groups in total. The molecule has 3 unspecified atom stereocenters. The number of carbonyl (C=O) groups excluding carboxylic acids is 1. The molecule has 0 bridgehead atoms. The van der Waals surface area contributed by atoms with Crippen molar-refractivity contribution in [1.29, 1.82) is 0 Å². The molecular weight excluding hydrogens is 292 g/mol. The Hall–Kier alpha value is -1.32. The van der Waals surface area contributed by atoms with Crippen LogP contribution in [0.1, 0.15) is 66.2 Å². The van der Waals surface area contributed by atoms with Gasteiger partial charge in [0.1, 0.15) is 6.10 Å². The molecule has 1 rings (SSSR count). The summed E-state index contributed by atoms with van der Waals surface area (Å²) in [6.45, 7) is 8.52. The first-order chi connectivity index (χ1) is 10.8. The smallest absolute Gasteiger partial charge is 0.310 e. The van der Waals surface area contributed by atoms with E-state index < -0.39 is 17.8 Å². The fourth-order valence-corrected chi connectivity index (χ4v) is 3.01. The van der Waals surface area contributed by atoms with Gasteiger partial charge in [-0.15, -0.1) is 0 Å². The number of rotatable bonds is 9. The van der Waals surface area contributed by atoms with Crippen molar-refractivity contribution in [2.24, 2.45) is 23.7 Å². The highest BCUT2D eigenvalue weighted by Gasteiger charge is 2.36. The monoisotopic (exact) mass is 324 g/mol. The summed E-state index contributed by atoms with van der Waals surface area (Å²) in [6, 6.07) is 0. The number of unbranched alkanes of at least 4 members (excludes halogenated alkanes) is 1. The normalized spacial score (nSPS) is 22.3. The van der Waals surface area contributed by atoms with Crippen LogP contribution in [-0.2, 0) is 14.3 Å². The van der Waals surface area contributed by atoms with Gasteiger partial charge in [0.05, 0.1) is 11.8 Å².